The Morgan fingerprint density at radius 1 is 1.13 bits per heavy atom. The van der Waals surface area contributed by atoms with Gasteiger partial charge in [0.1, 0.15) is 0 Å². The zero-order valence-corrected chi connectivity index (χ0v) is 15.1. The largest absolute Gasteiger partial charge is 0.352 e. The summed E-state index contributed by atoms with van der Waals surface area (Å²) in [4.78, 5) is 17.3. The van der Waals surface area contributed by atoms with Crippen LogP contribution < -0.4 is 5.32 Å². The van der Waals surface area contributed by atoms with E-state index in [9.17, 15) is 4.79 Å². The van der Waals surface area contributed by atoms with E-state index >= 15 is 0 Å². The van der Waals surface area contributed by atoms with E-state index in [2.05, 4.69) is 35.9 Å². The van der Waals surface area contributed by atoms with Crippen LogP contribution in [0.25, 0.3) is 0 Å². The zero-order valence-electron chi connectivity index (χ0n) is 15.1. The summed E-state index contributed by atoms with van der Waals surface area (Å²) in [5.41, 5.74) is 3.15. The maximum atomic E-state index is 12.3. The Morgan fingerprint density at radius 3 is 2.39 bits per heavy atom. The van der Waals surface area contributed by atoms with Crippen molar-refractivity contribution in [3.05, 3.63) is 34.9 Å². The highest BCUT2D eigenvalue weighted by Gasteiger charge is 2.17. The molecule has 0 aliphatic carbocycles. The summed E-state index contributed by atoms with van der Waals surface area (Å²) >= 11 is 0. The third-order valence-electron chi connectivity index (χ3n) is 4.86. The van der Waals surface area contributed by atoms with Gasteiger partial charge in [-0.3, -0.25) is 4.79 Å². The average Bonchev–Trinajstić information content (AvgIpc) is 2.56. The highest BCUT2D eigenvalue weighted by Crippen LogP contribution is 2.10. The van der Waals surface area contributed by atoms with Crippen LogP contribution >= 0.6 is 0 Å². The Balaban J connectivity index is 1.74. The van der Waals surface area contributed by atoms with E-state index in [1.54, 1.807) is 0 Å². The quantitative estimate of drug-likeness (QED) is 0.874. The summed E-state index contributed by atoms with van der Waals surface area (Å²) in [6, 6.07) is 5.90. The van der Waals surface area contributed by atoms with Gasteiger partial charge in [0.2, 0.25) is 0 Å². The number of hydrogen-bond donors (Lipinski definition) is 1. The smallest absolute Gasteiger partial charge is 0.251 e. The van der Waals surface area contributed by atoms with Crippen LogP contribution in [0, 0.1) is 19.8 Å². The molecule has 0 saturated carbocycles. The van der Waals surface area contributed by atoms with Crippen LogP contribution in [0.1, 0.15) is 35.3 Å². The number of nitrogens with one attached hydrogen (secondary N) is 1. The lowest BCUT2D eigenvalue weighted by molar-refractivity contribution is 0.0933. The number of nitrogens with zero attached hydrogens (tertiary/aromatic N) is 2. The van der Waals surface area contributed by atoms with Crippen molar-refractivity contribution >= 4 is 5.91 Å². The monoisotopic (exact) mass is 317 g/mol. The third kappa shape index (κ3) is 5.33. The van der Waals surface area contributed by atoms with Crippen LogP contribution in [-0.2, 0) is 0 Å². The van der Waals surface area contributed by atoms with Gasteiger partial charge in [0.15, 0.2) is 0 Å². The molecule has 128 valence electrons. The molecule has 1 N–H and O–H groups in total. The SMILES string of the molecule is CCN1CCN(C[C@@H](C)CNC(=O)c2ccc(C)c(C)c2)CC1. The van der Waals surface area contributed by atoms with Crippen LogP contribution in [0.3, 0.4) is 0 Å². The molecule has 4 heteroatoms. The zero-order chi connectivity index (χ0) is 16.8. The van der Waals surface area contributed by atoms with Crippen LogP contribution in [0.4, 0.5) is 0 Å². The molecule has 1 amide bonds. The number of piperazine rings is 1. The molecule has 1 atom stereocenters. The van der Waals surface area contributed by atoms with E-state index in [-0.39, 0.29) is 5.91 Å². The number of rotatable bonds is 6. The number of carbonyl (C=O) groups is 1. The minimum atomic E-state index is 0.0377. The predicted molar refractivity (Wildman–Crippen MR) is 96.0 cm³/mol. The van der Waals surface area contributed by atoms with Crippen LogP contribution in [0.2, 0.25) is 0 Å². The van der Waals surface area contributed by atoms with Crippen molar-refractivity contribution in [1.29, 1.82) is 0 Å². The maximum absolute atomic E-state index is 12.3. The topological polar surface area (TPSA) is 35.6 Å². The molecule has 1 aromatic carbocycles. The lowest BCUT2D eigenvalue weighted by Gasteiger charge is -2.35. The van der Waals surface area contributed by atoms with Gasteiger partial charge in [0, 0.05) is 44.8 Å². The van der Waals surface area contributed by atoms with E-state index in [4.69, 9.17) is 0 Å². The first-order valence-corrected chi connectivity index (χ1v) is 8.79. The minimum Gasteiger partial charge on any atom is -0.352 e. The number of likely N-dealkylation sites (N-methyl/N-ethyl adjacent to an activating group) is 1. The number of benzene rings is 1. The van der Waals surface area contributed by atoms with E-state index in [1.165, 1.54) is 11.1 Å². The number of amides is 1. The molecule has 1 aliphatic rings. The Hall–Kier alpha value is -1.39. The van der Waals surface area contributed by atoms with E-state index in [0.717, 1.165) is 51.4 Å². The van der Waals surface area contributed by atoms with E-state index in [1.807, 2.05) is 25.1 Å². The Morgan fingerprint density at radius 2 is 1.78 bits per heavy atom. The molecule has 0 bridgehead atoms. The molecule has 0 radical (unpaired) electrons. The summed E-state index contributed by atoms with van der Waals surface area (Å²) < 4.78 is 0. The Bertz CT molecular complexity index is 521. The summed E-state index contributed by atoms with van der Waals surface area (Å²) in [5.74, 6) is 0.509. The first kappa shape index (κ1) is 18.0. The first-order chi connectivity index (χ1) is 11.0. The van der Waals surface area contributed by atoms with Gasteiger partial charge in [-0.25, -0.2) is 0 Å². The maximum Gasteiger partial charge on any atom is 0.251 e. The van der Waals surface area contributed by atoms with Crippen molar-refractivity contribution in [3.63, 3.8) is 0 Å². The molecule has 1 heterocycles. The highest BCUT2D eigenvalue weighted by molar-refractivity contribution is 5.94. The lowest BCUT2D eigenvalue weighted by Crippen LogP contribution is -2.48. The molecule has 1 aliphatic heterocycles. The van der Waals surface area contributed by atoms with E-state index < -0.39 is 0 Å². The van der Waals surface area contributed by atoms with Crippen LogP contribution in [-0.4, -0.2) is 61.5 Å². The van der Waals surface area contributed by atoms with Gasteiger partial charge in [0.25, 0.3) is 5.91 Å². The number of hydrogen-bond acceptors (Lipinski definition) is 3. The van der Waals surface area contributed by atoms with Gasteiger partial charge in [-0.15, -0.1) is 0 Å². The van der Waals surface area contributed by atoms with Gasteiger partial charge in [-0.05, 0) is 49.6 Å². The summed E-state index contributed by atoms with van der Waals surface area (Å²) in [6.45, 7) is 16.1. The van der Waals surface area contributed by atoms with Crippen molar-refractivity contribution < 1.29 is 4.79 Å². The molecule has 2 rings (SSSR count). The number of carbonyl (C=O) groups excluding carboxylic acids is 1. The predicted octanol–water partition coefficient (Wildman–Crippen LogP) is 2.31. The normalized spacial score (nSPS) is 17.9. The van der Waals surface area contributed by atoms with Gasteiger partial charge in [-0.2, -0.15) is 0 Å². The third-order valence-corrected chi connectivity index (χ3v) is 4.86. The van der Waals surface area contributed by atoms with Gasteiger partial charge >= 0.3 is 0 Å². The minimum absolute atomic E-state index is 0.0377. The fourth-order valence-electron chi connectivity index (χ4n) is 3.05. The second-order valence-electron chi connectivity index (χ2n) is 6.85. The molecule has 0 unspecified atom stereocenters. The summed E-state index contributed by atoms with van der Waals surface area (Å²) in [6.07, 6.45) is 0. The molecule has 1 fully saturated rings. The molecule has 1 saturated heterocycles. The van der Waals surface area contributed by atoms with Gasteiger partial charge < -0.3 is 15.1 Å². The standard InChI is InChI=1S/C19H31N3O/c1-5-21-8-10-22(11-9-21)14-15(2)13-20-19(23)18-7-6-16(3)17(4)12-18/h6-7,12,15H,5,8-11,13-14H2,1-4H3,(H,20,23)/t15-/m0/s1. The molecule has 1 aromatic rings. The highest BCUT2D eigenvalue weighted by atomic mass is 16.1. The fourth-order valence-corrected chi connectivity index (χ4v) is 3.05. The Kier molecular flexibility index (Phi) is 6.60. The fraction of sp³-hybridized carbons (Fsp3) is 0.632. The molecular formula is C19H31N3O. The van der Waals surface area contributed by atoms with Crippen molar-refractivity contribution in [2.45, 2.75) is 27.7 Å². The second kappa shape index (κ2) is 8.46. The summed E-state index contributed by atoms with van der Waals surface area (Å²) in [5, 5.41) is 3.08. The van der Waals surface area contributed by atoms with Crippen molar-refractivity contribution in [2.75, 3.05) is 45.8 Å². The second-order valence-corrected chi connectivity index (χ2v) is 6.85. The molecule has 0 spiro atoms. The van der Waals surface area contributed by atoms with Crippen molar-refractivity contribution in [1.82, 2.24) is 15.1 Å². The van der Waals surface area contributed by atoms with Gasteiger partial charge in [-0.1, -0.05) is 19.9 Å². The van der Waals surface area contributed by atoms with Gasteiger partial charge in [0.05, 0.1) is 0 Å². The van der Waals surface area contributed by atoms with Crippen LogP contribution in [0.5, 0.6) is 0 Å². The lowest BCUT2D eigenvalue weighted by atomic mass is 10.1. The molecule has 4 nitrogen and oxygen atoms in total. The van der Waals surface area contributed by atoms with Crippen LogP contribution in [0.15, 0.2) is 18.2 Å². The first-order valence-electron chi connectivity index (χ1n) is 8.79. The molecule has 0 aromatic heterocycles. The van der Waals surface area contributed by atoms with E-state index in [0.29, 0.717) is 5.92 Å². The van der Waals surface area contributed by atoms with Crippen molar-refractivity contribution in [2.24, 2.45) is 5.92 Å². The number of aryl methyl sites for hydroxylation is 2. The summed E-state index contributed by atoms with van der Waals surface area (Å²) in [7, 11) is 0. The Labute approximate surface area is 140 Å². The molecule has 23 heavy (non-hydrogen) atoms. The van der Waals surface area contributed by atoms with Crippen molar-refractivity contribution in [3.8, 4) is 0 Å². The molecular weight excluding hydrogens is 286 g/mol. The average molecular weight is 317 g/mol.